The van der Waals surface area contributed by atoms with Crippen molar-refractivity contribution in [2.24, 2.45) is 11.8 Å². The predicted octanol–water partition coefficient (Wildman–Crippen LogP) is 9.18. The van der Waals surface area contributed by atoms with Crippen LogP contribution in [0.5, 0.6) is 0 Å². The Balaban J connectivity index is 1.24. The summed E-state index contributed by atoms with van der Waals surface area (Å²) in [6.45, 7) is 0. The van der Waals surface area contributed by atoms with Crippen LogP contribution in [0.3, 0.4) is 0 Å². The molecule has 6 aromatic carbocycles. The summed E-state index contributed by atoms with van der Waals surface area (Å²) >= 11 is 0. The van der Waals surface area contributed by atoms with Crippen molar-refractivity contribution in [2.75, 3.05) is 0 Å². The van der Waals surface area contributed by atoms with Crippen molar-refractivity contribution in [1.82, 2.24) is 0 Å². The lowest BCUT2D eigenvalue weighted by molar-refractivity contribution is 0.669. The van der Waals surface area contributed by atoms with Gasteiger partial charge in [0.1, 0.15) is 11.2 Å². The fourth-order valence-electron chi connectivity index (χ4n) is 7.35. The molecule has 0 fully saturated rings. The minimum Gasteiger partial charge on any atom is -0.456 e. The molecule has 0 saturated heterocycles. The number of hydrogen-bond donors (Lipinski definition) is 0. The maximum Gasteiger partial charge on any atom is 0.135 e. The van der Waals surface area contributed by atoms with Gasteiger partial charge in [-0.15, -0.1) is 0 Å². The zero-order chi connectivity index (χ0) is 28.3. The highest BCUT2D eigenvalue weighted by Crippen LogP contribution is 2.42. The molecule has 0 radical (unpaired) electrons. The number of fused-ring (bicyclic) bond motifs is 6. The number of benzene rings is 6. The van der Waals surface area contributed by atoms with Crippen LogP contribution in [0.1, 0.15) is 11.1 Å². The molecule has 2 aliphatic rings. The molecule has 0 spiro atoms. The lowest BCUT2D eigenvalue weighted by Gasteiger charge is -2.33. The Labute approximate surface area is 250 Å². The standard InChI is InChI=1S/C42H28O/c1-2-12-31-28(10-1)11-9-18-33(31)42-36-16-5-3-14-34(36)41(35-15-4-6-17-37(35)42)29-22-20-27(21-23-29)30-24-25-40-38(26-30)32-13-7-8-19-39(32)43-40/h1-26,34,36H. The predicted molar refractivity (Wildman–Crippen MR) is 179 cm³/mol. The average Bonchev–Trinajstić information content (AvgIpc) is 3.45. The summed E-state index contributed by atoms with van der Waals surface area (Å²) in [7, 11) is 0. The number of furan rings is 1. The van der Waals surface area contributed by atoms with Gasteiger partial charge < -0.3 is 4.42 Å². The molecule has 0 N–H and O–H groups in total. The average molecular weight is 549 g/mol. The summed E-state index contributed by atoms with van der Waals surface area (Å²) < 4.78 is 6.07. The first-order valence-corrected chi connectivity index (χ1v) is 15.0. The molecule has 202 valence electrons. The third-order valence-corrected chi connectivity index (χ3v) is 9.29. The van der Waals surface area contributed by atoms with Gasteiger partial charge in [-0.25, -0.2) is 0 Å². The van der Waals surface area contributed by atoms with Gasteiger partial charge in [-0.05, 0) is 72.8 Å². The van der Waals surface area contributed by atoms with Crippen LogP contribution in [-0.4, -0.2) is 0 Å². The first-order valence-electron chi connectivity index (χ1n) is 15.0. The first-order chi connectivity index (χ1) is 21.3. The van der Waals surface area contributed by atoms with E-state index in [2.05, 4.69) is 146 Å². The van der Waals surface area contributed by atoms with Crippen molar-refractivity contribution in [3.63, 3.8) is 0 Å². The Morgan fingerprint density at radius 3 is 1.86 bits per heavy atom. The first kappa shape index (κ1) is 24.2. The van der Waals surface area contributed by atoms with E-state index in [0.29, 0.717) is 0 Å². The Hall–Kier alpha value is -5.40. The quantitative estimate of drug-likeness (QED) is 0.215. The molecule has 1 aromatic heterocycles. The maximum absolute atomic E-state index is 6.07. The van der Waals surface area contributed by atoms with Gasteiger partial charge in [0.2, 0.25) is 0 Å². The van der Waals surface area contributed by atoms with Crippen LogP contribution in [-0.2, 0) is 0 Å². The van der Waals surface area contributed by atoms with Gasteiger partial charge in [0.25, 0.3) is 0 Å². The van der Waals surface area contributed by atoms with E-state index >= 15 is 0 Å². The normalized spacial score (nSPS) is 17.5. The lowest BCUT2D eigenvalue weighted by atomic mass is 9.69. The highest BCUT2D eigenvalue weighted by atomic mass is 16.3. The van der Waals surface area contributed by atoms with Crippen LogP contribution in [0.2, 0.25) is 0 Å². The minimum absolute atomic E-state index is 0.258. The van der Waals surface area contributed by atoms with E-state index < -0.39 is 0 Å². The van der Waals surface area contributed by atoms with E-state index in [0.717, 1.165) is 21.9 Å². The largest absolute Gasteiger partial charge is 0.456 e. The van der Waals surface area contributed by atoms with Crippen molar-refractivity contribution in [3.05, 3.63) is 179 Å². The fourth-order valence-corrected chi connectivity index (χ4v) is 7.35. The molecule has 1 heteroatoms. The van der Waals surface area contributed by atoms with Crippen LogP contribution >= 0.6 is 0 Å². The monoisotopic (exact) mass is 548 g/mol. The molecule has 1 nitrogen and oxygen atoms in total. The molecule has 43 heavy (non-hydrogen) atoms. The van der Waals surface area contributed by atoms with E-state index in [1.165, 1.54) is 54.6 Å². The second-order valence-corrected chi connectivity index (χ2v) is 11.6. The zero-order valence-electron chi connectivity index (χ0n) is 23.6. The van der Waals surface area contributed by atoms with Crippen LogP contribution in [0, 0.1) is 11.8 Å². The SMILES string of the molecule is C1=CC2C(c3ccc(-c4ccc5oc6ccccc6c5c4)cc3)=c3ccccc3=C(c3cccc4ccccc34)C2C=C1. The van der Waals surface area contributed by atoms with Gasteiger partial charge in [0.15, 0.2) is 0 Å². The molecule has 2 atom stereocenters. The summed E-state index contributed by atoms with van der Waals surface area (Å²) in [4.78, 5) is 0. The molecule has 0 aliphatic heterocycles. The Morgan fingerprint density at radius 2 is 1.02 bits per heavy atom. The molecule has 9 rings (SSSR count). The third kappa shape index (κ3) is 3.78. The van der Waals surface area contributed by atoms with E-state index in [4.69, 9.17) is 4.42 Å². The minimum atomic E-state index is 0.258. The van der Waals surface area contributed by atoms with Gasteiger partial charge in [0, 0.05) is 22.6 Å². The molecule has 0 saturated carbocycles. The maximum atomic E-state index is 6.07. The van der Waals surface area contributed by atoms with Gasteiger partial charge in [-0.3, -0.25) is 0 Å². The molecule has 2 unspecified atom stereocenters. The summed E-state index contributed by atoms with van der Waals surface area (Å²) in [5, 5.41) is 7.57. The third-order valence-electron chi connectivity index (χ3n) is 9.29. The van der Waals surface area contributed by atoms with E-state index in [1.807, 2.05) is 12.1 Å². The van der Waals surface area contributed by atoms with Gasteiger partial charge in [-0.1, -0.05) is 140 Å². The van der Waals surface area contributed by atoms with Crippen LogP contribution in [0.4, 0.5) is 0 Å². The molecular weight excluding hydrogens is 520 g/mol. The van der Waals surface area contributed by atoms with E-state index in [1.54, 1.807) is 0 Å². The number of hydrogen-bond acceptors (Lipinski definition) is 1. The molecule has 0 bridgehead atoms. The van der Waals surface area contributed by atoms with Crippen molar-refractivity contribution in [2.45, 2.75) is 0 Å². The second-order valence-electron chi connectivity index (χ2n) is 11.6. The zero-order valence-corrected chi connectivity index (χ0v) is 23.6. The number of rotatable bonds is 3. The molecule has 7 aromatic rings. The molecule has 0 amide bonds. The van der Waals surface area contributed by atoms with Crippen molar-refractivity contribution in [3.8, 4) is 11.1 Å². The van der Waals surface area contributed by atoms with Gasteiger partial charge >= 0.3 is 0 Å². The highest BCUT2D eigenvalue weighted by Gasteiger charge is 2.32. The van der Waals surface area contributed by atoms with Gasteiger partial charge in [0.05, 0.1) is 0 Å². The molecule has 2 aliphatic carbocycles. The topological polar surface area (TPSA) is 13.1 Å². The Kier molecular flexibility index (Phi) is 5.39. The van der Waals surface area contributed by atoms with Crippen molar-refractivity contribution < 1.29 is 4.42 Å². The summed E-state index contributed by atoms with van der Waals surface area (Å²) in [5.41, 5.74) is 9.68. The van der Waals surface area contributed by atoms with E-state index in [9.17, 15) is 0 Å². The van der Waals surface area contributed by atoms with E-state index in [-0.39, 0.29) is 11.8 Å². The van der Waals surface area contributed by atoms with Crippen LogP contribution in [0.15, 0.2) is 162 Å². The smallest absolute Gasteiger partial charge is 0.135 e. The molecular formula is C42H28O. The van der Waals surface area contributed by atoms with Crippen molar-refractivity contribution in [1.29, 1.82) is 0 Å². The summed E-state index contributed by atoms with van der Waals surface area (Å²) in [6, 6.07) is 48.4. The lowest BCUT2D eigenvalue weighted by Crippen LogP contribution is -2.40. The number of allylic oxidation sites excluding steroid dienone is 4. The second kappa shape index (κ2) is 9.58. The Morgan fingerprint density at radius 1 is 0.419 bits per heavy atom. The summed E-state index contributed by atoms with van der Waals surface area (Å²) in [6.07, 6.45) is 9.23. The van der Waals surface area contributed by atoms with Crippen molar-refractivity contribution >= 4 is 43.9 Å². The Bertz CT molecular complexity index is 2390. The highest BCUT2D eigenvalue weighted by molar-refractivity contribution is 6.06. The summed E-state index contributed by atoms with van der Waals surface area (Å²) in [5.74, 6) is 0.519. The van der Waals surface area contributed by atoms with Crippen LogP contribution < -0.4 is 10.4 Å². The van der Waals surface area contributed by atoms with Crippen LogP contribution in [0.25, 0.3) is 55.0 Å². The number of para-hydroxylation sites is 1. The van der Waals surface area contributed by atoms with Gasteiger partial charge in [-0.2, -0.15) is 0 Å². The molecule has 1 heterocycles. The fraction of sp³-hybridized carbons (Fsp3) is 0.0476.